The van der Waals surface area contributed by atoms with E-state index in [4.69, 9.17) is 31.4 Å². The van der Waals surface area contributed by atoms with Crippen molar-refractivity contribution in [3.05, 3.63) is 68.7 Å². The quantitative estimate of drug-likeness (QED) is 0.195. The number of thioether (sulfide) groups is 1. The minimum atomic E-state index is -0.387. The van der Waals surface area contributed by atoms with Crippen LogP contribution in [0.4, 0.5) is 4.39 Å². The van der Waals surface area contributed by atoms with Crippen molar-refractivity contribution < 1.29 is 18.6 Å². The highest BCUT2D eigenvalue weighted by molar-refractivity contribution is 7.99. The third kappa shape index (κ3) is 4.41. The van der Waals surface area contributed by atoms with Gasteiger partial charge in [-0.25, -0.2) is 9.37 Å². The van der Waals surface area contributed by atoms with Crippen molar-refractivity contribution in [3.63, 3.8) is 0 Å². The fourth-order valence-corrected chi connectivity index (χ4v) is 5.87. The third-order valence-electron chi connectivity index (χ3n) is 5.11. The molecule has 5 rings (SSSR count). The average molecular weight is 518 g/mol. The summed E-state index contributed by atoms with van der Waals surface area (Å²) in [6.45, 7) is 3.45. The van der Waals surface area contributed by atoms with Gasteiger partial charge in [-0.05, 0) is 55.5 Å². The van der Waals surface area contributed by atoms with Crippen LogP contribution in [0.25, 0.3) is 21.7 Å². The fourth-order valence-electron chi connectivity index (χ4n) is 3.63. The molecule has 0 aliphatic carbocycles. The number of para-hydroxylation sites is 2. The van der Waals surface area contributed by atoms with Gasteiger partial charge in [-0.2, -0.15) is 0 Å². The molecule has 0 spiro atoms. The summed E-state index contributed by atoms with van der Waals surface area (Å²) in [5.74, 6) is 0.703. The molecule has 176 valence electrons. The van der Waals surface area contributed by atoms with Crippen molar-refractivity contribution in [2.75, 3.05) is 25.6 Å². The van der Waals surface area contributed by atoms with E-state index in [0.29, 0.717) is 62.2 Å². The van der Waals surface area contributed by atoms with Crippen molar-refractivity contribution in [1.82, 2.24) is 14.1 Å². The number of halogens is 1. The highest BCUT2D eigenvalue weighted by Gasteiger charge is 2.23. The largest absolute Gasteiger partial charge is 0.492 e. The van der Waals surface area contributed by atoms with E-state index in [-0.39, 0.29) is 17.7 Å². The molecule has 1 fully saturated rings. The van der Waals surface area contributed by atoms with Crippen LogP contribution in [0.5, 0.6) is 5.75 Å². The Morgan fingerprint density at radius 1 is 1.18 bits per heavy atom. The highest BCUT2D eigenvalue weighted by atomic mass is 32.2. The first kappa shape index (κ1) is 23.2. The Hall–Kier alpha value is -2.57. The number of aromatic nitrogens is 3. The summed E-state index contributed by atoms with van der Waals surface area (Å²) in [4.78, 5) is 18.6. The number of fused-ring (bicyclic) bond motifs is 1. The Morgan fingerprint density at radius 2 is 1.91 bits per heavy atom. The van der Waals surface area contributed by atoms with E-state index in [2.05, 4.69) is 0 Å². The van der Waals surface area contributed by atoms with Gasteiger partial charge in [0.25, 0.3) is 5.56 Å². The molecule has 1 aliphatic rings. The predicted octanol–water partition coefficient (Wildman–Crippen LogP) is 4.97. The second kappa shape index (κ2) is 9.96. The third-order valence-corrected chi connectivity index (χ3v) is 7.43. The van der Waals surface area contributed by atoms with Gasteiger partial charge < -0.3 is 14.2 Å². The molecular formula is C23H20FN3O4S3. The average Bonchev–Trinajstić information content (AvgIpc) is 3.47. The molecule has 1 saturated heterocycles. The van der Waals surface area contributed by atoms with Crippen LogP contribution in [0, 0.1) is 9.77 Å². The molecule has 0 amide bonds. The van der Waals surface area contributed by atoms with Crippen LogP contribution in [-0.2, 0) is 9.47 Å². The lowest BCUT2D eigenvalue weighted by atomic mass is 10.3. The van der Waals surface area contributed by atoms with E-state index in [9.17, 15) is 9.18 Å². The monoisotopic (exact) mass is 517 g/mol. The molecule has 0 atom stereocenters. The van der Waals surface area contributed by atoms with Crippen molar-refractivity contribution >= 4 is 45.7 Å². The van der Waals surface area contributed by atoms with Crippen LogP contribution in [0.2, 0.25) is 0 Å². The minimum absolute atomic E-state index is 0.281. The van der Waals surface area contributed by atoms with Gasteiger partial charge in [0.1, 0.15) is 16.3 Å². The minimum Gasteiger partial charge on any atom is -0.492 e. The molecule has 3 heterocycles. The predicted molar refractivity (Wildman–Crippen MR) is 133 cm³/mol. The number of benzene rings is 2. The number of hydrogen-bond donors (Lipinski definition) is 0. The van der Waals surface area contributed by atoms with Crippen molar-refractivity contribution in [2.45, 2.75) is 18.4 Å². The number of hydrogen-bond acceptors (Lipinski definition) is 8. The summed E-state index contributed by atoms with van der Waals surface area (Å²) in [5, 5.41) is 0.429. The fraction of sp³-hybridized carbons (Fsp3) is 0.261. The zero-order valence-electron chi connectivity index (χ0n) is 18.1. The number of thiazole rings is 1. The summed E-state index contributed by atoms with van der Waals surface area (Å²) in [5.41, 5.74) is 1.39. The molecule has 0 saturated carbocycles. The van der Waals surface area contributed by atoms with Gasteiger partial charge in [0.2, 0.25) is 0 Å². The molecule has 1 aliphatic heterocycles. The summed E-state index contributed by atoms with van der Waals surface area (Å²) in [6.07, 6.45) is -0.387. The zero-order valence-corrected chi connectivity index (χ0v) is 20.6. The molecular weight excluding hydrogens is 497 g/mol. The van der Waals surface area contributed by atoms with Gasteiger partial charge in [-0.1, -0.05) is 35.2 Å². The molecule has 4 aromatic rings. The van der Waals surface area contributed by atoms with Crippen molar-refractivity contribution in [2.24, 2.45) is 0 Å². The topological polar surface area (TPSA) is 67.5 Å². The number of nitrogens with zero attached hydrogens (tertiary/aromatic N) is 3. The molecule has 11 heteroatoms. The van der Waals surface area contributed by atoms with Gasteiger partial charge in [-0.3, -0.25) is 13.9 Å². The normalized spacial score (nSPS) is 14.2. The maximum absolute atomic E-state index is 13.7. The van der Waals surface area contributed by atoms with Gasteiger partial charge >= 0.3 is 0 Å². The molecule has 2 aromatic heterocycles. The van der Waals surface area contributed by atoms with E-state index in [0.717, 1.165) is 0 Å². The maximum Gasteiger partial charge on any atom is 0.278 e. The molecule has 7 nitrogen and oxygen atoms in total. The molecule has 2 aromatic carbocycles. The van der Waals surface area contributed by atoms with Crippen LogP contribution in [-0.4, -0.2) is 46.0 Å². The van der Waals surface area contributed by atoms with Crippen molar-refractivity contribution in [1.29, 1.82) is 0 Å². The highest BCUT2D eigenvalue weighted by Crippen LogP contribution is 2.31. The Morgan fingerprint density at radius 3 is 2.65 bits per heavy atom. The molecule has 0 N–H and O–H groups in total. The van der Waals surface area contributed by atoms with Crippen LogP contribution in [0.1, 0.15) is 6.92 Å². The molecule has 0 unspecified atom stereocenters. The summed E-state index contributed by atoms with van der Waals surface area (Å²) in [6, 6.07) is 13.2. The summed E-state index contributed by atoms with van der Waals surface area (Å²) < 4.78 is 34.6. The molecule has 34 heavy (non-hydrogen) atoms. The van der Waals surface area contributed by atoms with Crippen LogP contribution >= 0.6 is 35.3 Å². The van der Waals surface area contributed by atoms with Crippen LogP contribution in [0.15, 0.2) is 58.5 Å². The first-order valence-corrected chi connectivity index (χ1v) is 12.8. The first-order chi connectivity index (χ1) is 16.6. The zero-order chi connectivity index (χ0) is 23.7. The standard InChI is InChI=1S/C23H20FN3O4S3/c1-2-29-17-6-4-3-5-16(17)27-20-19(34-23(27)32)21(28)26(15-9-7-14(24)8-10-15)22(25-20)33-13-18-30-11-12-31-18/h3-10,18H,2,11-13H2,1H3. The second-order valence-electron chi connectivity index (χ2n) is 7.25. The van der Waals surface area contributed by atoms with Crippen LogP contribution in [0.3, 0.4) is 0 Å². The Labute approximate surface area is 207 Å². The Balaban J connectivity index is 1.72. The van der Waals surface area contributed by atoms with E-state index in [1.165, 1.54) is 39.8 Å². The second-order valence-corrected chi connectivity index (χ2v) is 9.88. The van der Waals surface area contributed by atoms with Gasteiger partial charge in [0.15, 0.2) is 21.0 Å². The Bertz CT molecular complexity index is 1440. The molecule has 0 bridgehead atoms. The summed E-state index contributed by atoms with van der Waals surface area (Å²) in [7, 11) is 0. The number of rotatable bonds is 7. The Kier molecular flexibility index (Phi) is 6.79. The SMILES string of the molecule is CCOc1ccccc1-n1c(=S)sc2c(=O)n(-c3ccc(F)cc3)c(SCC3OCCO3)nc21. The van der Waals surface area contributed by atoms with Crippen molar-refractivity contribution in [3.8, 4) is 17.1 Å². The van der Waals surface area contributed by atoms with E-state index in [1.807, 2.05) is 31.2 Å². The maximum atomic E-state index is 13.7. The first-order valence-electron chi connectivity index (χ1n) is 10.6. The molecule has 0 radical (unpaired) electrons. The lowest BCUT2D eigenvalue weighted by Crippen LogP contribution is -2.22. The number of ether oxygens (including phenoxy) is 3. The van der Waals surface area contributed by atoms with E-state index in [1.54, 1.807) is 16.7 Å². The summed E-state index contributed by atoms with van der Waals surface area (Å²) >= 11 is 8.17. The van der Waals surface area contributed by atoms with E-state index < -0.39 is 0 Å². The van der Waals surface area contributed by atoms with E-state index >= 15 is 0 Å². The smallest absolute Gasteiger partial charge is 0.278 e. The van der Waals surface area contributed by atoms with Gasteiger partial charge in [0, 0.05) is 0 Å². The van der Waals surface area contributed by atoms with Gasteiger partial charge in [-0.15, -0.1) is 0 Å². The lowest BCUT2D eigenvalue weighted by Gasteiger charge is -2.15. The van der Waals surface area contributed by atoms with Gasteiger partial charge in [0.05, 0.1) is 36.9 Å². The lowest BCUT2D eigenvalue weighted by molar-refractivity contribution is -0.0215. The van der Waals surface area contributed by atoms with Crippen LogP contribution < -0.4 is 10.3 Å².